The quantitative estimate of drug-likeness (QED) is 0.846. The van der Waals surface area contributed by atoms with Crippen molar-refractivity contribution in [2.24, 2.45) is 0 Å². The SMILES string of the molecule is CC(=O)N1CCC[C@@H](c2ncncc2-c2cc(C)no2)C1. The van der Waals surface area contributed by atoms with E-state index < -0.39 is 0 Å². The van der Waals surface area contributed by atoms with E-state index in [0.29, 0.717) is 12.3 Å². The fraction of sp³-hybridized carbons (Fsp3) is 0.467. The molecule has 0 saturated carbocycles. The minimum atomic E-state index is 0.116. The first kappa shape index (κ1) is 13.7. The van der Waals surface area contributed by atoms with Crippen LogP contribution in [-0.4, -0.2) is 39.0 Å². The number of amides is 1. The molecule has 0 aliphatic carbocycles. The van der Waals surface area contributed by atoms with Gasteiger partial charge in [-0.1, -0.05) is 5.16 Å². The van der Waals surface area contributed by atoms with E-state index >= 15 is 0 Å². The Hall–Kier alpha value is -2.24. The second kappa shape index (κ2) is 5.63. The van der Waals surface area contributed by atoms with Crippen molar-refractivity contribution in [1.29, 1.82) is 0 Å². The number of carbonyl (C=O) groups is 1. The van der Waals surface area contributed by atoms with Gasteiger partial charge in [-0.05, 0) is 19.8 Å². The largest absolute Gasteiger partial charge is 0.356 e. The number of piperidine rings is 1. The molecule has 0 N–H and O–H groups in total. The Morgan fingerprint density at radius 3 is 3.05 bits per heavy atom. The molecular weight excluding hydrogens is 268 g/mol. The van der Waals surface area contributed by atoms with Gasteiger partial charge in [0.2, 0.25) is 5.91 Å². The van der Waals surface area contributed by atoms with Crippen LogP contribution in [0.15, 0.2) is 23.1 Å². The molecule has 2 aromatic heterocycles. The predicted molar refractivity (Wildman–Crippen MR) is 76.5 cm³/mol. The van der Waals surface area contributed by atoms with Gasteiger partial charge in [0.05, 0.1) is 17.0 Å². The van der Waals surface area contributed by atoms with Crippen LogP contribution >= 0.6 is 0 Å². The Bertz CT molecular complexity index is 653. The summed E-state index contributed by atoms with van der Waals surface area (Å²) in [7, 11) is 0. The third kappa shape index (κ3) is 2.79. The number of hydrogen-bond donors (Lipinski definition) is 0. The number of aryl methyl sites for hydroxylation is 1. The van der Waals surface area contributed by atoms with Crippen molar-refractivity contribution in [3.05, 3.63) is 30.0 Å². The summed E-state index contributed by atoms with van der Waals surface area (Å²) in [5, 5.41) is 3.93. The Morgan fingerprint density at radius 2 is 2.33 bits per heavy atom. The molecule has 6 nitrogen and oxygen atoms in total. The van der Waals surface area contributed by atoms with E-state index in [0.717, 1.165) is 36.3 Å². The smallest absolute Gasteiger partial charge is 0.219 e. The summed E-state index contributed by atoms with van der Waals surface area (Å²) >= 11 is 0. The third-order valence-electron chi connectivity index (χ3n) is 3.89. The number of aromatic nitrogens is 3. The predicted octanol–water partition coefficient (Wildman–Crippen LogP) is 2.17. The van der Waals surface area contributed by atoms with E-state index in [1.54, 1.807) is 19.4 Å². The highest BCUT2D eigenvalue weighted by Crippen LogP contribution is 2.32. The molecule has 0 unspecified atom stereocenters. The minimum Gasteiger partial charge on any atom is -0.356 e. The van der Waals surface area contributed by atoms with Crippen LogP contribution in [0.2, 0.25) is 0 Å². The summed E-state index contributed by atoms with van der Waals surface area (Å²) in [6.45, 7) is 5.03. The average Bonchev–Trinajstić information content (AvgIpc) is 2.94. The molecule has 1 atom stereocenters. The molecule has 0 aromatic carbocycles. The lowest BCUT2D eigenvalue weighted by molar-refractivity contribution is -0.130. The van der Waals surface area contributed by atoms with Crippen molar-refractivity contribution in [1.82, 2.24) is 20.0 Å². The minimum absolute atomic E-state index is 0.116. The molecule has 1 saturated heterocycles. The first-order valence-electron chi connectivity index (χ1n) is 7.14. The van der Waals surface area contributed by atoms with Gasteiger partial charge in [-0.2, -0.15) is 0 Å². The first-order chi connectivity index (χ1) is 10.1. The Morgan fingerprint density at radius 1 is 1.48 bits per heavy atom. The summed E-state index contributed by atoms with van der Waals surface area (Å²) < 4.78 is 5.35. The van der Waals surface area contributed by atoms with Crippen LogP contribution < -0.4 is 0 Å². The highest BCUT2D eigenvalue weighted by atomic mass is 16.5. The van der Waals surface area contributed by atoms with Crippen LogP contribution in [0.4, 0.5) is 0 Å². The molecule has 3 rings (SSSR count). The molecule has 1 fully saturated rings. The van der Waals surface area contributed by atoms with Crippen LogP contribution in [0.1, 0.15) is 37.1 Å². The van der Waals surface area contributed by atoms with E-state index in [1.807, 2.05) is 17.9 Å². The molecular formula is C15H18N4O2. The Balaban J connectivity index is 1.93. The van der Waals surface area contributed by atoms with E-state index in [9.17, 15) is 4.79 Å². The molecule has 1 aliphatic rings. The zero-order chi connectivity index (χ0) is 14.8. The Labute approximate surface area is 123 Å². The highest BCUT2D eigenvalue weighted by Gasteiger charge is 2.27. The highest BCUT2D eigenvalue weighted by molar-refractivity contribution is 5.73. The van der Waals surface area contributed by atoms with Gasteiger partial charge in [0.1, 0.15) is 6.33 Å². The molecule has 3 heterocycles. The normalized spacial score (nSPS) is 18.8. The van der Waals surface area contributed by atoms with Gasteiger partial charge in [-0.25, -0.2) is 9.97 Å². The van der Waals surface area contributed by atoms with Gasteiger partial charge in [-0.3, -0.25) is 4.79 Å². The van der Waals surface area contributed by atoms with Gasteiger partial charge >= 0.3 is 0 Å². The summed E-state index contributed by atoms with van der Waals surface area (Å²) in [6, 6.07) is 1.88. The molecule has 21 heavy (non-hydrogen) atoms. The second-order valence-electron chi connectivity index (χ2n) is 5.46. The van der Waals surface area contributed by atoms with Gasteiger partial charge in [0, 0.05) is 38.2 Å². The summed E-state index contributed by atoms with van der Waals surface area (Å²) in [6.07, 6.45) is 5.31. The van der Waals surface area contributed by atoms with E-state index in [1.165, 1.54) is 0 Å². The number of hydrogen-bond acceptors (Lipinski definition) is 5. The number of rotatable bonds is 2. The lowest BCUT2D eigenvalue weighted by atomic mass is 9.91. The van der Waals surface area contributed by atoms with Crippen LogP contribution in [0.5, 0.6) is 0 Å². The molecule has 0 spiro atoms. The number of nitrogens with zero attached hydrogens (tertiary/aromatic N) is 4. The molecule has 6 heteroatoms. The van der Waals surface area contributed by atoms with Crippen molar-refractivity contribution in [3.8, 4) is 11.3 Å². The topological polar surface area (TPSA) is 72.1 Å². The maximum absolute atomic E-state index is 11.6. The van der Waals surface area contributed by atoms with Crippen molar-refractivity contribution < 1.29 is 9.32 Å². The van der Waals surface area contributed by atoms with E-state index in [2.05, 4.69) is 15.1 Å². The second-order valence-corrected chi connectivity index (χ2v) is 5.46. The van der Waals surface area contributed by atoms with Gasteiger partial charge in [0.15, 0.2) is 5.76 Å². The summed E-state index contributed by atoms with van der Waals surface area (Å²) in [5.74, 6) is 1.01. The van der Waals surface area contributed by atoms with E-state index in [-0.39, 0.29) is 11.8 Å². The molecule has 1 aliphatic heterocycles. The maximum atomic E-state index is 11.6. The number of carbonyl (C=O) groups excluding carboxylic acids is 1. The molecule has 2 aromatic rings. The van der Waals surface area contributed by atoms with Crippen molar-refractivity contribution >= 4 is 5.91 Å². The molecule has 1 amide bonds. The lowest BCUT2D eigenvalue weighted by Gasteiger charge is -2.32. The Kier molecular flexibility index (Phi) is 3.68. The van der Waals surface area contributed by atoms with Gasteiger partial charge in [-0.15, -0.1) is 0 Å². The van der Waals surface area contributed by atoms with E-state index in [4.69, 9.17) is 4.52 Å². The first-order valence-corrected chi connectivity index (χ1v) is 7.14. The van der Waals surface area contributed by atoms with Crippen LogP contribution in [0, 0.1) is 6.92 Å². The summed E-state index contributed by atoms with van der Waals surface area (Å²) in [4.78, 5) is 22.0. The molecule has 0 bridgehead atoms. The van der Waals surface area contributed by atoms with Gasteiger partial charge in [0.25, 0.3) is 0 Å². The van der Waals surface area contributed by atoms with Crippen LogP contribution in [0.25, 0.3) is 11.3 Å². The fourth-order valence-corrected chi connectivity index (χ4v) is 2.83. The summed E-state index contributed by atoms with van der Waals surface area (Å²) in [5.41, 5.74) is 2.63. The van der Waals surface area contributed by atoms with Crippen LogP contribution in [-0.2, 0) is 4.79 Å². The zero-order valence-electron chi connectivity index (χ0n) is 12.2. The lowest BCUT2D eigenvalue weighted by Crippen LogP contribution is -2.38. The number of likely N-dealkylation sites (tertiary alicyclic amines) is 1. The maximum Gasteiger partial charge on any atom is 0.219 e. The fourth-order valence-electron chi connectivity index (χ4n) is 2.83. The van der Waals surface area contributed by atoms with Gasteiger partial charge < -0.3 is 9.42 Å². The van der Waals surface area contributed by atoms with Crippen molar-refractivity contribution in [2.45, 2.75) is 32.6 Å². The standard InChI is InChI=1S/C15H18N4O2/c1-10-6-14(21-18-10)13-7-16-9-17-15(13)12-4-3-5-19(8-12)11(2)20/h6-7,9,12H,3-5,8H2,1-2H3/t12-/m1/s1. The molecule has 110 valence electrons. The van der Waals surface area contributed by atoms with Crippen LogP contribution in [0.3, 0.4) is 0 Å². The monoisotopic (exact) mass is 286 g/mol. The molecule has 0 radical (unpaired) electrons. The third-order valence-corrected chi connectivity index (χ3v) is 3.89. The van der Waals surface area contributed by atoms with Crippen molar-refractivity contribution in [2.75, 3.05) is 13.1 Å². The average molecular weight is 286 g/mol. The zero-order valence-corrected chi connectivity index (χ0v) is 12.2. The van der Waals surface area contributed by atoms with Crippen molar-refractivity contribution in [3.63, 3.8) is 0 Å².